The number of carbonyl (C=O) groups excluding carboxylic acids is 1. The minimum atomic E-state index is -1.01. The Hall–Kier alpha value is -0.950. The van der Waals surface area contributed by atoms with E-state index >= 15 is 0 Å². The summed E-state index contributed by atoms with van der Waals surface area (Å²) in [5, 5.41) is 14.1. The van der Waals surface area contributed by atoms with Gasteiger partial charge in [0.1, 0.15) is 6.04 Å². The monoisotopic (exact) mass is 278 g/mol. The van der Waals surface area contributed by atoms with Crippen molar-refractivity contribution in [3.8, 4) is 0 Å². The van der Waals surface area contributed by atoms with Crippen LogP contribution in [0, 0.1) is 0 Å². The lowest BCUT2D eigenvalue weighted by Gasteiger charge is -2.18. The molecular formula is C11H22N2O4S. The molecule has 0 aromatic carbocycles. The molecule has 2 atom stereocenters. The van der Waals surface area contributed by atoms with Crippen LogP contribution in [0.3, 0.4) is 0 Å². The zero-order valence-corrected chi connectivity index (χ0v) is 11.9. The van der Waals surface area contributed by atoms with Gasteiger partial charge in [-0.15, -0.1) is 0 Å². The highest BCUT2D eigenvalue weighted by atomic mass is 32.2. The van der Waals surface area contributed by atoms with Crippen molar-refractivity contribution in [3.63, 3.8) is 0 Å². The molecule has 0 aromatic heterocycles. The SMILES string of the molecule is COCCC(C)NC(=O)N[C@@H](CCSC)C(=O)O. The van der Waals surface area contributed by atoms with Gasteiger partial charge in [0.25, 0.3) is 0 Å². The van der Waals surface area contributed by atoms with E-state index in [1.54, 1.807) is 18.9 Å². The van der Waals surface area contributed by atoms with Crippen LogP contribution >= 0.6 is 11.8 Å². The number of aliphatic carboxylic acids is 1. The Balaban J connectivity index is 4.04. The third kappa shape index (κ3) is 8.19. The molecule has 18 heavy (non-hydrogen) atoms. The quantitative estimate of drug-likeness (QED) is 0.583. The first kappa shape index (κ1) is 17.1. The summed E-state index contributed by atoms with van der Waals surface area (Å²) in [5.74, 6) is -0.319. The van der Waals surface area contributed by atoms with E-state index < -0.39 is 18.0 Å². The molecule has 0 heterocycles. The third-order valence-electron chi connectivity index (χ3n) is 2.35. The van der Waals surface area contributed by atoms with Crippen molar-refractivity contribution < 1.29 is 19.4 Å². The number of urea groups is 1. The number of thioether (sulfide) groups is 1. The third-order valence-corrected chi connectivity index (χ3v) is 2.99. The predicted octanol–water partition coefficient (Wildman–Crippen LogP) is 0.917. The van der Waals surface area contributed by atoms with Crippen LogP contribution in [-0.4, -0.2) is 54.9 Å². The van der Waals surface area contributed by atoms with Gasteiger partial charge in [0.2, 0.25) is 0 Å². The van der Waals surface area contributed by atoms with E-state index in [1.165, 1.54) is 0 Å². The molecule has 0 spiro atoms. The van der Waals surface area contributed by atoms with Gasteiger partial charge in [-0.2, -0.15) is 11.8 Å². The molecule has 0 aliphatic heterocycles. The van der Waals surface area contributed by atoms with E-state index in [0.29, 0.717) is 25.2 Å². The molecule has 0 saturated heterocycles. The maximum Gasteiger partial charge on any atom is 0.326 e. The van der Waals surface area contributed by atoms with Gasteiger partial charge in [0.05, 0.1) is 0 Å². The molecule has 0 fully saturated rings. The molecule has 1 unspecified atom stereocenters. The Morgan fingerprint density at radius 1 is 1.33 bits per heavy atom. The molecule has 0 aromatic rings. The van der Waals surface area contributed by atoms with Crippen molar-refractivity contribution in [1.82, 2.24) is 10.6 Å². The van der Waals surface area contributed by atoms with Crippen molar-refractivity contribution >= 4 is 23.8 Å². The Morgan fingerprint density at radius 2 is 2.00 bits per heavy atom. The fraction of sp³-hybridized carbons (Fsp3) is 0.818. The molecule has 0 saturated carbocycles. The molecule has 106 valence electrons. The number of ether oxygens (including phenoxy) is 1. The summed E-state index contributed by atoms with van der Waals surface area (Å²) in [5.41, 5.74) is 0. The van der Waals surface area contributed by atoms with E-state index in [9.17, 15) is 9.59 Å². The zero-order chi connectivity index (χ0) is 14.0. The second kappa shape index (κ2) is 10.0. The highest BCUT2D eigenvalue weighted by Gasteiger charge is 2.19. The maximum atomic E-state index is 11.6. The minimum Gasteiger partial charge on any atom is -0.480 e. The van der Waals surface area contributed by atoms with E-state index in [0.717, 1.165) is 0 Å². The number of carboxylic acid groups (broad SMARTS) is 1. The zero-order valence-electron chi connectivity index (χ0n) is 11.1. The highest BCUT2D eigenvalue weighted by Crippen LogP contribution is 2.01. The second-order valence-corrected chi connectivity index (χ2v) is 4.96. The van der Waals surface area contributed by atoms with Gasteiger partial charge < -0.3 is 20.5 Å². The van der Waals surface area contributed by atoms with Crippen molar-refractivity contribution in [2.45, 2.75) is 31.8 Å². The van der Waals surface area contributed by atoms with Crippen LogP contribution < -0.4 is 10.6 Å². The molecule has 7 heteroatoms. The average Bonchev–Trinajstić information content (AvgIpc) is 2.31. The number of methoxy groups -OCH3 is 1. The highest BCUT2D eigenvalue weighted by molar-refractivity contribution is 7.98. The fourth-order valence-electron chi connectivity index (χ4n) is 1.28. The van der Waals surface area contributed by atoms with Gasteiger partial charge in [-0.05, 0) is 31.8 Å². The van der Waals surface area contributed by atoms with Gasteiger partial charge >= 0.3 is 12.0 Å². The molecule has 2 amide bonds. The molecule has 0 aliphatic rings. The number of amides is 2. The Labute approximate surface area is 112 Å². The molecular weight excluding hydrogens is 256 g/mol. The smallest absolute Gasteiger partial charge is 0.326 e. The number of hydrogen-bond acceptors (Lipinski definition) is 4. The normalized spacial score (nSPS) is 13.7. The maximum absolute atomic E-state index is 11.6. The Kier molecular flexibility index (Phi) is 9.49. The standard InChI is InChI=1S/C11H22N2O4S/c1-8(4-6-17-2)12-11(16)13-9(10(14)15)5-7-18-3/h8-9H,4-7H2,1-3H3,(H,14,15)(H2,12,13,16)/t8?,9-/m0/s1. The summed E-state index contributed by atoms with van der Waals surface area (Å²) in [7, 11) is 1.59. The summed E-state index contributed by atoms with van der Waals surface area (Å²) in [6.07, 6.45) is 2.99. The number of carbonyl (C=O) groups is 2. The lowest BCUT2D eigenvalue weighted by molar-refractivity contribution is -0.139. The molecule has 0 rings (SSSR count). The van der Waals surface area contributed by atoms with Crippen LogP contribution in [0.15, 0.2) is 0 Å². The molecule has 0 aliphatic carbocycles. The number of hydrogen-bond donors (Lipinski definition) is 3. The van der Waals surface area contributed by atoms with Crippen LogP contribution in [0.2, 0.25) is 0 Å². The van der Waals surface area contributed by atoms with Crippen molar-refractivity contribution in [2.24, 2.45) is 0 Å². The van der Waals surface area contributed by atoms with Gasteiger partial charge in [0, 0.05) is 19.8 Å². The minimum absolute atomic E-state index is 0.0556. The Bertz CT molecular complexity index is 263. The van der Waals surface area contributed by atoms with E-state index in [4.69, 9.17) is 9.84 Å². The van der Waals surface area contributed by atoms with Crippen LogP contribution in [0.1, 0.15) is 19.8 Å². The first-order chi connectivity index (χ1) is 8.51. The Morgan fingerprint density at radius 3 is 2.50 bits per heavy atom. The second-order valence-electron chi connectivity index (χ2n) is 3.97. The lowest BCUT2D eigenvalue weighted by Crippen LogP contribution is -2.48. The molecule has 6 nitrogen and oxygen atoms in total. The number of nitrogens with one attached hydrogen (secondary N) is 2. The predicted molar refractivity (Wildman–Crippen MR) is 72.0 cm³/mol. The van der Waals surface area contributed by atoms with E-state index in [2.05, 4.69) is 10.6 Å². The lowest BCUT2D eigenvalue weighted by atomic mass is 10.2. The van der Waals surface area contributed by atoms with Crippen molar-refractivity contribution in [3.05, 3.63) is 0 Å². The van der Waals surface area contributed by atoms with E-state index in [-0.39, 0.29) is 6.04 Å². The molecule has 0 bridgehead atoms. The topological polar surface area (TPSA) is 87.7 Å². The van der Waals surface area contributed by atoms with Gasteiger partial charge in [-0.1, -0.05) is 0 Å². The van der Waals surface area contributed by atoms with Crippen molar-refractivity contribution in [2.75, 3.05) is 25.7 Å². The van der Waals surface area contributed by atoms with E-state index in [1.807, 2.05) is 13.2 Å². The summed E-state index contributed by atoms with van der Waals surface area (Å²) in [4.78, 5) is 22.5. The summed E-state index contributed by atoms with van der Waals surface area (Å²) in [6.45, 7) is 2.40. The van der Waals surface area contributed by atoms with Crippen LogP contribution in [0.5, 0.6) is 0 Å². The number of carboxylic acids is 1. The average molecular weight is 278 g/mol. The first-order valence-corrected chi connectivity index (χ1v) is 7.18. The summed E-state index contributed by atoms with van der Waals surface area (Å²) in [6, 6.07) is -1.35. The van der Waals surface area contributed by atoms with Gasteiger partial charge in [-0.25, -0.2) is 9.59 Å². The first-order valence-electron chi connectivity index (χ1n) is 5.79. The molecule has 0 radical (unpaired) electrons. The summed E-state index contributed by atoms with van der Waals surface area (Å²) < 4.78 is 4.90. The summed E-state index contributed by atoms with van der Waals surface area (Å²) >= 11 is 1.55. The number of rotatable bonds is 9. The van der Waals surface area contributed by atoms with Gasteiger partial charge in [-0.3, -0.25) is 0 Å². The van der Waals surface area contributed by atoms with Gasteiger partial charge in [0.15, 0.2) is 0 Å². The van der Waals surface area contributed by atoms with Crippen molar-refractivity contribution in [1.29, 1.82) is 0 Å². The van der Waals surface area contributed by atoms with Crippen LogP contribution in [0.25, 0.3) is 0 Å². The fourth-order valence-corrected chi connectivity index (χ4v) is 1.75. The largest absolute Gasteiger partial charge is 0.480 e. The molecule has 3 N–H and O–H groups in total. The van der Waals surface area contributed by atoms with Crippen LogP contribution in [-0.2, 0) is 9.53 Å². The van der Waals surface area contributed by atoms with Crippen LogP contribution in [0.4, 0.5) is 4.79 Å².